The van der Waals surface area contributed by atoms with Gasteiger partial charge in [-0.1, -0.05) is 36.4 Å². The third-order valence-corrected chi connectivity index (χ3v) is 3.99. The smallest absolute Gasteiger partial charge is 0.273 e. The van der Waals surface area contributed by atoms with Crippen molar-refractivity contribution in [1.82, 2.24) is 5.32 Å². The molecule has 0 spiro atoms. The van der Waals surface area contributed by atoms with E-state index in [-0.39, 0.29) is 0 Å². The molecule has 5 heteroatoms. The highest BCUT2D eigenvalue weighted by Crippen LogP contribution is 2.30. The van der Waals surface area contributed by atoms with Crippen molar-refractivity contribution in [3.8, 4) is 18.9 Å². The van der Waals surface area contributed by atoms with Gasteiger partial charge in [-0.2, -0.15) is 5.26 Å². The van der Waals surface area contributed by atoms with Crippen molar-refractivity contribution in [3.63, 3.8) is 0 Å². The highest BCUT2D eigenvalue weighted by atomic mass is 19.3. The van der Waals surface area contributed by atoms with Gasteiger partial charge in [0.15, 0.2) is 0 Å². The lowest BCUT2D eigenvalue weighted by molar-refractivity contribution is 0.0137. The molecule has 0 saturated carbocycles. The molecule has 1 N–H and O–H groups in total. The van der Waals surface area contributed by atoms with Crippen molar-refractivity contribution in [2.45, 2.75) is 19.8 Å². The number of alkyl halides is 2. The number of benzene rings is 2. The van der Waals surface area contributed by atoms with Crippen LogP contribution in [0.2, 0.25) is 0 Å². The number of hydrogen-bond donors (Lipinski definition) is 1. The van der Waals surface area contributed by atoms with E-state index in [2.05, 4.69) is 24.2 Å². The van der Waals surface area contributed by atoms with Crippen molar-refractivity contribution in [3.05, 3.63) is 76.2 Å². The summed E-state index contributed by atoms with van der Waals surface area (Å²) in [6, 6.07) is 13.2. The van der Waals surface area contributed by atoms with Crippen molar-refractivity contribution in [2.75, 3.05) is 7.05 Å². The molecule has 0 bridgehead atoms. The molecule has 0 radical (unpaired) electrons. The van der Waals surface area contributed by atoms with Crippen LogP contribution in [0, 0.1) is 30.0 Å². The summed E-state index contributed by atoms with van der Waals surface area (Å²) >= 11 is 0. The van der Waals surface area contributed by atoms with Gasteiger partial charge in [0.2, 0.25) is 0 Å². The Hall–Kier alpha value is -3.44. The van der Waals surface area contributed by atoms with E-state index in [1.54, 1.807) is 19.2 Å². The molecule has 0 unspecified atom stereocenters. The molecule has 0 amide bonds. The number of hydrogen-bond acceptors (Lipinski definition) is 2. The van der Waals surface area contributed by atoms with Crippen LogP contribution in [-0.2, 0) is 5.92 Å². The number of halogens is 3. The molecule has 0 atom stereocenters. The molecule has 0 aliphatic rings. The molecule has 0 heterocycles. The zero-order chi connectivity index (χ0) is 21.3. The topological polar surface area (TPSA) is 35.8 Å². The summed E-state index contributed by atoms with van der Waals surface area (Å²) in [6.45, 7) is 2.51. The Kier molecular flexibility index (Phi) is 8.10. The second-order valence-corrected chi connectivity index (χ2v) is 5.95. The fraction of sp³-hybridized carbons (Fsp3) is 0.174. The fourth-order valence-electron chi connectivity index (χ4n) is 2.52. The molecule has 2 aromatic carbocycles. The van der Waals surface area contributed by atoms with Crippen molar-refractivity contribution >= 4 is 17.7 Å². The summed E-state index contributed by atoms with van der Waals surface area (Å²) in [5, 5.41) is 12.0. The zero-order valence-corrected chi connectivity index (χ0v) is 15.9. The monoisotopic (exact) mass is 382 g/mol. The Morgan fingerprint density at radius 1 is 1.11 bits per heavy atom. The lowest BCUT2D eigenvalue weighted by atomic mass is 10.0. The zero-order valence-electron chi connectivity index (χ0n) is 15.9. The molecule has 2 nitrogen and oxygen atoms in total. The van der Waals surface area contributed by atoms with Crippen LogP contribution >= 0.6 is 0 Å². The predicted octanol–water partition coefficient (Wildman–Crippen LogP) is 5.83. The first-order valence-electron chi connectivity index (χ1n) is 8.34. The van der Waals surface area contributed by atoms with Crippen LogP contribution in [0.1, 0.15) is 36.1 Å². The maximum absolute atomic E-state index is 13.6. The van der Waals surface area contributed by atoms with Gasteiger partial charge in [-0.15, -0.1) is 12.8 Å². The number of terminal acetylenes is 1. The molecule has 0 fully saturated rings. The van der Waals surface area contributed by atoms with Crippen LogP contribution < -0.4 is 5.32 Å². The lowest BCUT2D eigenvalue weighted by Crippen LogP contribution is -2.09. The summed E-state index contributed by atoms with van der Waals surface area (Å²) in [7, 11) is 1.68. The Bertz CT molecular complexity index is 942. The average Bonchev–Trinajstić information content (AvgIpc) is 2.69. The highest BCUT2D eigenvalue weighted by Gasteiger charge is 2.28. The number of nitrogens with zero attached hydrogens (tertiary/aromatic N) is 1. The molecule has 0 aliphatic carbocycles. The first-order valence-corrected chi connectivity index (χ1v) is 8.34. The van der Waals surface area contributed by atoms with Crippen LogP contribution in [0.4, 0.5) is 13.2 Å². The van der Waals surface area contributed by atoms with E-state index in [9.17, 15) is 13.2 Å². The molecular formula is C23H21F3N2. The second-order valence-electron chi connectivity index (χ2n) is 5.95. The van der Waals surface area contributed by atoms with Crippen molar-refractivity contribution < 1.29 is 13.2 Å². The Labute approximate surface area is 164 Å². The average molecular weight is 382 g/mol. The second kappa shape index (κ2) is 10.0. The van der Waals surface area contributed by atoms with Crippen LogP contribution in [0.25, 0.3) is 17.7 Å². The molecule has 0 aromatic heterocycles. The minimum absolute atomic E-state index is 0.472. The number of nitriles is 1. The van der Waals surface area contributed by atoms with E-state index < -0.39 is 17.3 Å². The highest BCUT2D eigenvalue weighted by molar-refractivity contribution is 5.75. The summed E-state index contributed by atoms with van der Waals surface area (Å²) in [6.07, 6.45) is 11.4. The maximum Gasteiger partial charge on any atom is 0.273 e. The lowest BCUT2D eigenvalue weighted by Gasteiger charge is -2.12. The molecule has 2 aromatic rings. The van der Waals surface area contributed by atoms with E-state index in [0.717, 1.165) is 28.8 Å². The van der Waals surface area contributed by atoms with Gasteiger partial charge in [-0.05, 0) is 47.4 Å². The van der Waals surface area contributed by atoms with E-state index in [4.69, 9.17) is 5.26 Å². The molecule has 2 rings (SSSR count). The third kappa shape index (κ3) is 5.79. The van der Waals surface area contributed by atoms with Gasteiger partial charge in [0, 0.05) is 14.0 Å². The Morgan fingerprint density at radius 2 is 1.71 bits per heavy atom. The number of rotatable bonds is 5. The van der Waals surface area contributed by atoms with Crippen LogP contribution in [0.3, 0.4) is 0 Å². The number of allylic oxidation sites excluding steroid dienone is 2. The van der Waals surface area contributed by atoms with Gasteiger partial charge in [0.25, 0.3) is 5.92 Å². The Balaban J connectivity index is 0.00000190. The molecule has 0 saturated heterocycles. The van der Waals surface area contributed by atoms with Gasteiger partial charge in [-0.3, -0.25) is 0 Å². The molecule has 28 heavy (non-hydrogen) atoms. The quantitative estimate of drug-likeness (QED) is 0.401. The fourth-order valence-corrected chi connectivity index (χ4v) is 2.52. The summed E-state index contributed by atoms with van der Waals surface area (Å²) in [5.74, 6) is -4.16. The minimum atomic E-state index is -3.24. The number of nitrogens with one attached hydrogen (secondary N) is 1. The standard InChI is InChI=1S/C21H19F3N2.C2H2/c1-14(20(13-25)26-3)17-6-4-5-15(11-17)7-8-16-9-10-19(22)18(12-16)21(2,23)24;1-2/h4-12,26H,1-3H3;1-2H/b8-7+,20-14+;. The first-order chi connectivity index (χ1) is 13.3. The Morgan fingerprint density at radius 3 is 2.25 bits per heavy atom. The van der Waals surface area contributed by atoms with Gasteiger partial charge < -0.3 is 5.32 Å². The van der Waals surface area contributed by atoms with Gasteiger partial charge in [-0.25, -0.2) is 13.2 Å². The SMILES string of the molecule is C#C.CN/C(C#N)=C(\C)c1cccc(/C=C/c2ccc(F)c(C(C)(F)F)c2)c1. The largest absolute Gasteiger partial charge is 0.379 e. The predicted molar refractivity (Wildman–Crippen MR) is 108 cm³/mol. The first kappa shape index (κ1) is 22.6. The summed E-state index contributed by atoms with van der Waals surface area (Å²) in [4.78, 5) is 0. The van der Waals surface area contributed by atoms with Crippen LogP contribution in [0.5, 0.6) is 0 Å². The minimum Gasteiger partial charge on any atom is -0.379 e. The molecular weight excluding hydrogens is 361 g/mol. The third-order valence-electron chi connectivity index (χ3n) is 3.99. The normalized spacial score (nSPS) is 11.8. The van der Waals surface area contributed by atoms with Gasteiger partial charge in [0.1, 0.15) is 17.6 Å². The van der Waals surface area contributed by atoms with Crippen LogP contribution in [0.15, 0.2) is 48.2 Å². The van der Waals surface area contributed by atoms with E-state index >= 15 is 0 Å². The van der Waals surface area contributed by atoms with Gasteiger partial charge >= 0.3 is 0 Å². The van der Waals surface area contributed by atoms with Gasteiger partial charge in [0.05, 0.1) is 5.56 Å². The summed E-state index contributed by atoms with van der Waals surface area (Å²) < 4.78 is 40.5. The van der Waals surface area contributed by atoms with Crippen LogP contribution in [-0.4, -0.2) is 7.05 Å². The molecule has 144 valence electrons. The van der Waals surface area contributed by atoms with Crippen molar-refractivity contribution in [2.24, 2.45) is 0 Å². The van der Waals surface area contributed by atoms with E-state index in [0.29, 0.717) is 18.2 Å². The van der Waals surface area contributed by atoms with E-state index in [1.165, 1.54) is 6.07 Å². The molecule has 0 aliphatic heterocycles. The summed E-state index contributed by atoms with van der Waals surface area (Å²) in [5.41, 5.74) is 2.84. The van der Waals surface area contributed by atoms with E-state index in [1.807, 2.05) is 31.2 Å². The maximum atomic E-state index is 13.6. The van der Waals surface area contributed by atoms with Crippen molar-refractivity contribution in [1.29, 1.82) is 5.26 Å².